The highest BCUT2D eigenvalue weighted by Crippen LogP contribution is 2.13. The highest BCUT2D eigenvalue weighted by atomic mass is 16.4. The number of hydrogen-bond donors (Lipinski definition) is 1. The minimum atomic E-state index is -1.02. The third-order valence-corrected chi connectivity index (χ3v) is 1.54. The maximum atomic E-state index is 10.5. The fourth-order valence-electron chi connectivity index (χ4n) is 0.918. The molecule has 1 N–H and O–H groups in total. The molecule has 3 nitrogen and oxygen atoms in total. The first kappa shape index (κ1) is 8.33. The number of carboxylic acids is 1. The maximum Gasteiger partial charge on any atom is 0.337 e. The Hall–Kier alpha value is -1.77. The number of nitrogens with zero attached hydrogens (tertiary/aromatic N) is 1. The zero-order valence-electron chi connectivity index (χ0n) is 6.53. The van der Waals surface area contributed by atoms with Crippen molar-refractivity contribution in [1.29, 1.82) is 0 Å². The Morgan fingerprint density at radius 3 is 2.83 bits per heavy atom. The average molecular weight is 163 g/mol. The van der Waals surface area contributed by atoms with E-state index in [-0.39, 0.29) is 5.57 Å². The summed E-state index contributed by atoms with van der Waals surface area (Å²) in [6.45, 7) is 6.97. The molecular formula is C9H9NO2. The Balaban J connectivity index is 3.10. The van der Waals surface area contributed by atoms with Gasteiger partial charge >= 0.3 is 5.97 Å². The predicted octanol–water partition coefficient (Wildman–Crippen LogP) is 1.69. The van der Waals surface area contributed by atoms with Gasteiger partial charge < -0.3 is 9.67 Å². The van der Waals surface area contributed by atoms with Crippen molar-refractivity contribution in [2.24, 2.45) is 0 Å². The lowest BCUT2D eigenvalue weighted by Gasteiger charge is -2.01. The summed E-state index contributed by atoms with van der Waals surface area (Å²) in [5.74, 6) is -1.02. The number of aliphatic carboxylic acids is 1. The monoisotopic (exact) mass is 163 g/mol. The van der Waals surface area contributed by atoms with E-state index >= 15 is 0 Å². The van der Waals surface area contributed by atoms with Gasteiger partial charge in [0.1, 0.15) is 0 Å². The fraction of sp³-hybridized carbons (Fsp3) is 0. The number of rotatable bonds is 3. The predicted molar refractivity (Wildman–Crippen MR) is 47.5 cm³/mol. The van der Waals surface area contributed by atoms with E-state index in [1.54, 1.807) is 22.9 Å². The third-order valence-electron chi connectivity index (χ3n) is 1.54. The van der Waals surface area contributed by atoms with Gasteiger partial charge in [-0.15, -0.1) is 0 Å². The molecule has 0 bridgehead atoms. The molecule has 0 saturated carbocycles. The van der Waals surface area contributed by atoms with Gasteiger partial charge in [0.2, 0.25) is 0 Å². The second-order valence-electron chi connectivity index (χ2n) is 2.27. The fourth-order valence-corrected chi connectivity index (χ4v) is 0.918. The van der Waals surface area contributed by atoms with Gasteiger partial charge in [-0.05, 0) is 12.1 Å². The minimum Gasteiger partial charge on any atom is -0.478 e. The van der Waals surface area contributed by atoms with Crippen LogP contribution in [-0.4, -0.2) is 15.6 Å². The van der Waals surface area contributed by atoms with Gasteiger partial charge in [0.25, 0.3) is 0 Å². The lowest BCUT2D eigenvalue weighted by atomic mass is 10.2. The van der Waals surface area contributed by atoms with Crippen molar-refractivity contribution in [2.45, 2.75) is 0 Å². The summed E-state index contributed by atoms with van der Waals surface area (Å²) in [7, 11) is 0. The van der Waals surface area contributed by atoms with E-state index in [4.69, 9.17) is 5.11 Å². The first-order valence-electron chi connectivity index (χ1n) is 3.38. The van der Waals surface area contributed by atoms with E-state index in [2.05, 4.69) is 13.2 Å². The van der Waals surface area contributed by atoms with E-state index in [1.165, 1.54) is 6.20 Å². The zero-order chi connectivity index (χ0) is 9.14. The molecule has 0 aliphatic carbocycles. The van der Waals surface area contributed by atoms with E-state index in [0.717, 1.165) is 0 Å². The summed E-state index contributed by atoms with van der Waals surface area (Å²) in [5.41, 5.74) is 0.623. The summed E-state index contributed by atoms with van der Waals surface area (Å²) in [6.07, 6.45) is 3.25. The van der Waals surface area contributed by atoms with E-state index in [9.17, 15) is 4.79 Å². The highest BCUT2D eigenvalue weighted by Gasteiger charge is 2.09. The maximum absolute atomic E-state index is 10.5. The van der Waals surface area contributed by atoms with Gasteiger partial charge in [-0.2, -0.15) is 0 Å². The molecule has 1 heterocycles. The van der Waals surface area contributed by atoms with Crippen LogP contribution in [0.2, 0.25) is 0 Å². The third kappa shape index (κ3) is 1.29. The standard InChI is InChI=1S/C9H9NO2/c1-3-10-6-4-5-8(10)7(2)9(11)12/h3-6H,1-2H2,(H,11,12). The van der Waals surface area contributed by atoms with Crippen LogP contribution in [0.1, 0.15) is 5.69 Å². The largest absolute Gasteiger partial charge is 0.478 e. The van der Waals surface area contributed by atoms with Gasteiger partial charge in [-0.3, -0.25) is 0 Å². The van der Waals surface area contributed by atoms with E-state index in [0.29, 0.717) is 5.69 Å². The smallest absolute Gasteiger partial charge is 0.337 e. The zero-order valence-corrected chi connectivity index (χ0v) is 6.53. The molecule has 62 valence electrons. The average Bonchev–Trinajstić information content (AvgIpc) is 2.49. The molecule has 0 unspecified atom stereocenters. The van der Waals surface area contributed by atoms with Crippen molar-refractivity contribution in [3.63, 3.8) is 0 Å². The summed E-state index contributed by atoms with van der Waals surface area (Å²) in [6, 6.07) is 3.42. The van der Waals surface area contributed by atoms with Crippen LogP contribution in [0.15, 0.2) is 31.5 Å². The van der Waals surface area contributed by atoms with E-state index in [1.807, 2.05) is 0 Å². The van der Waals surface area contributed by atoms with Crippen molar-refractivity contribution >= 4 is 17.7 Å². The van der Waals surface area contributed by atoms with Crippen LogP contribution >= 0.6 is 0 Å². The number of carboxylic acid groups (broad SMARTS) is 1. The van der Waals surface area contributed by atoms with Gasteiger partial charge in [-0.25, -0.2) is 4.79 Å². The molecule has 0 fully saturated rings. The van der Waals surface area contributed by atoms with Crippen LogP contribution in [0, 0.1) is 0 Å². The van der Waals surface area contributed by atoms with Crippen molar-refractivity contribution < 1.29 is 9.90 Å². The second-order valence-corrected chi connectivity index (χ2v) is 2.27. The number of hydrogen-bond acceptors (Lipinski definition) is 1. The lowest BCUT2D eigenvalue weighted by Crippen LogP contribution is -2.01. The van der Waals surface area contributed by atoms with Crippen LogP contribution in [-0.2, 0) is 4.79 Å². The summed E-state index contributed by atoms with van der Waals surface area (Å²) < 4.78 is 1.61. The molecule has 0 aliphatic heterocycles. The normalized spacial score (nSPS) is 9.33. The van der Waals surface area contributed by atoms with Gasteiger partial charge in [0, 0.05) is 12.4 Å². The molecule has 1 aromatic rings. The first-order valence-corrected chi connectivity index (χ1v) is 3.38. The first-order chi connectivity index (χ1) is 5.66. The molecule has 0 spiro atoms. The minimum absolute atomic E-state index is 0.0694. The van der Waals surface area contributed by atoms with Crippen molar-refractivity contribution in [3.8, 4) is 0 Å². The van der Waals surface area contributed by atoms with Crippen LogP contribution in [0.25, 0.3) is 11.8 Å². The number of carbonyl (C=O) groups is 1. The van der Waals surface area contributed by atoms with Crippen LogP contribution in [0.4, 0.5) is 0 Å². The number of aromatic nitrogens is 1. The Morgan fingerprint density at radius 2 is 2.33 bits per heavy atom. The van der Waals surface area contributed by atoms with Crippen LogP contribution in [0.5, 0.6) is 0 Å². The summed E-state index contributed by atoms with van der Waals surface area (Å²) in [5, 5.41) is 8.63. The SMILES string of the molecule is C=Cn1cccc1C(=C)C(=O)O. The van der Waals surface area contributed by atoms with Crippen molar-refractivity contribution in [1.82, 2.24) is 4.57 Å². The van der Waals surface area contributed by atoms with Crippen LogP contribution in [0.3, 0.4) is 0 Å². The molecule has 0 amide bonds. The van der Waals surface area contributed by atoms with Crippen molar-refractivity contribution in [2.75, 3.05) is 0 Å². The van der Waals surface area contributed by atoms with Crippen molar-refractivity contribution in [3.05, 3.63) is 37.2 Å². The summed E-state index contributed by atoms with van der Waals surface area (Å²) in [4.78, 5) is 10.5. The molecule has 1 aromatic heterocycles. The highest BCUT2D eigenvalue weighted by molar-refractivity contribution is 6.14. The molecule has 1 rings (SSSR count). The Kier molecular flexibility index (Phi) is 2.14. The molecule has 0 radical (unpaired) electrons. The molecule has 0 aromatic carbocycles. The molecule has 0 atom stereocenters. The Labute approximate surface area is 70.3 Å². The molecule has 12 heavy (non-hydrogen) atoms. The molecular weight excluding hydrogens is 154 g/mol. The molecule has 3 heteroatoms. The molecule has 0 aliphatic rings. The Morgan fingerprint density at radius 1 is 1.67 bits per heavy atom. The Bertz CT molecular complexity index is 336. The van der Waals surface area contributed by atoms with Gasteiger partial charge in [0.15, 0.2) is 0 Å². The lowest BCUT2D eigenvalue weighted by molar-refractivity contribution is -0.130. The molecule has 0 saturated heterocycles. The summed E-state index contributed by atoms with van der Waals surface area (Å²) >= 11 is 0. The van der Waals surface area contributed by atoms with Crippen LogP contribution < -0.4 is 0 Å². The van der Waals surface area contributed by atoms with Gasteiger partial charge in [-0.1, -0.05) is 13.2 Å². The van der Waals surface area contributed by atoms with Gasteiger partial charge in [0.05, 0.1) is 11.3 Å². The topological polar surface area (TPSA) is 42.2 Å². The van der Waals surface area contributed by atoms with E-state index < -0.39 is 5.97 Å². The second kappa shape index (κ2) is 3.09. The quantitative estimate of drug-likeness (QED) is 0.689.